The van der Waals surface area contributed by atoms with Crippen LogP contribution < -0.4 is 15.5 Å². The van der Waals surface area contributed by atoms with Crippen molar-refractivity contribution < 1.29 is 14.4 Å². The van der Waals surface area contributed by atoms with Crippen LogP contribution in [0, 0.1) is 5.92 Å². The lowest BCUT2D eigenvalue weighted by Crippen LogP contribution is -2.44. The Labute approximate surface area is 187 Å². The molecule has 3 amide bonds. The third kappa shape index (κ3) is 5.17. The molecule has 30 heavy (non-hydrogen) atoms. The van der Waals surface area contributed by atoms with Crippen molar-refractivity contribution in [1.82, 2.24) is 15.5 Å². The minimum absolute atomic E-state index is 0. The van der Waals surface area contributed by atoms with Gasteiger partial charge in [0.15, 0.2) is 0 Å². The van der Waals surface area contributed by atoms with Crippen LogP contribution in [0.3, 0.4) is 0 Å². The standard InChI is InChI=1S/C21H26N4O3S.ClH/c26-19-18(29-21(28)23-19)13-15-5-1-2-7-17(15)24-9-4-10-25(12-11-24)20(27)16-6-3-8-22-14-16;/h1-2,5,7,13,16,22H,3-4,6,8-12,14H2,(H,23,26,28);1H/b18-13-;. The number of rotatable bonds is 3. The van der Waals surface area contributed by atoms with E-state index in [-0.39, 0.29) is 35.4 Å². The van der Waals surface area contributed by atoms with Crippen LogP contribution in [-0.4, -0.2) is 61.2 Å². The van der Waals surface area contributed by atoms with Crippen LogP contribution >= 0.6 is 24.2 Å². The molecule has 3 fully saturated rings. The lowest BCUT2D eigenvalue weighted by Gasteiger charge is -2.29. The number of imide groups is 1. The number of para-hydroxylation sites is 1. The van der Waals surface area contributed by atoms with E-state index in [1.54, 1.807) is 6.08 Å². The molecule has 4 rings (SSSR count). The van der Waals surface area contributed by atoms with E-state index in [9.17, 15) is 14.4 Å². The first-order valence-electron chi connectivity index (χ1n) is 10.2. The molecule has 0 bridgehead atoms. The third-order valence-electron chi connectivity index (χ3n) is 5.66. The van der Waals surface area contributed by atoms with Crippen molar-refractivity contribution in [1.29, 1.82) is 0 Å². The molecule has 0 aliphatic carbocycles. The number of nitrogens with one attached hydrogen (secondary N) is 2. The van der Waals surface area contributed by atoms with E-state index in [0.717, 1.165) is 75.0 Å². The summed E-state index contributed by atoms with van der Waals surface area (Å²) in [6.45, 7) is 4.88. The van der Waals surface area contributed by atoms with Crippen LogP contribution in [0.25, 0.3) is 6.08 Å². The van der Waals surface area contributed by atoms with E-state index in [1.165, 1.54) is 0 Å². The maximum absolute atomic E-state index is 12.9. The van der Waals surface area contributed by atoms with Gasteiger partial charge in [0.25, 0.3) is 11.1 Å². The van der Waals surface area contributed by atoms with Crippen LogP contribution in [0.1, 0.15) is 24.8 Å². The zero-order valence-electron chi connectivity index (χ0n) is 16.8. The molecule has 0 radical (unpaired) electrons. The average Bonchev–Trinajstić information content (AvgIpc) is 2.93. The highest BCUT2D eigenvalue weighted by Crippen LogP contribution is 2.30. The molecule has 0 saturated carbocycles. The number of benzene rings is 1. The van der Waals surface area contributed by atoms with Crippen molar-refractivity contribution in [3.8, 4) is 0 Å². The highest BCUT2D eigenvalue weighted by atomic mass is 35.5. The number of nitrogens with zero attached hydrogens (tertiary/aromatic N) is 2. The molecule has 162 valence electrons. The van der Waals surface area contributed by atoms with Gasteiger partial charge in [-0.15, -0.1) is 12.4 Å². The Morgan fingerprint density at radius 1 is 1.10 bits per heavy atom. The molecule has 3 aliphatic heterocycles. The van der Waals surface area contributed by atoms with Gasteiger partial charge >= 0.3 is 0 Å². The molecule has 1 aromatic rings. The summed E-state index contributed by atoms with van der Waals surface area (Å²) in [4.78, 5) is 41.0. The van der Waals surface area contributed by atoms with E-state index in [2.05, 4.69) is 15.5 Å². The fourth-order valence-corrected chi connectivity index (χ4v) is 4.83. The number of anilines is 1. The Kier molecular flexibility index (Phi) is 7.80. The first-order valence-corrected chi connectivity index (χ1v) is 11.0. The normalized spacial score (nSPS) is 23.7. The van der Waals surface area contributed by atoms with Gasteiger partial charge in [0, 0.05) is 38.4 Å². The molecule has 1 aromatic carbocycles. The summed E-state index contributed by atoms with van der Waals surface area (Å²) in [7, 11) is 0. The third-order valence-corrected chi connectivity index (χ3v) is 6.47. The molecule has 3 aliphatic rings. The van der Waals surface area contributed by atoms with Crippen molar-refractivity contribution in [2.24, 2.45) is 5.92 Å². The smallest absolute Gasteiger partial charge is 0.290 e. The number of thioether (sulfide) groups is 1. The van der Waals surface area contributed by atoms with Crippen molar-refractivity contribution in [2.75, 3.05) is 44.2 Å². The minimum atomic E-state index is -0.344. The van der Waals surface area contributed by atoms with E-state index in [0.29, 0.717) is 11.4 Å². The topological polar surface area (TPSA) is 81.8 Å². The summed E-state index contributed by atoms with van der Waals surface area (Å²) in [6.07, 6.45) is 4.72. The minimum Gasteiger partial charge on any atom is -0.369 e. The summed E-state index contributed by atoms with van der Waals surface area (Å²) in [6, 6.07) is 7.90. The van der Waals surface area contributed by atoms with Crippen LogP contribution in [0.2, 0.25) is 0 Å². The predicted molar refractivity (Wildman–Crippen MR) is 122 cm³/mol. The van der Waals surface area contributed by atoms with E-state index < -0.39 is 0 Å². The zero-order valence-corrected chi connectivity index (χ0v) is 18.4. The number of halogens is 1. The SMILES string of the molecule is Cl.O=C1NC(=O)/C(=C/c2ccccc2N2CCCN(C(=O)C3CCCNC3)CC2)S1. The monoisotopic (exact) mass is 450 g/mol. The fraction of sp³-hybridized carbons (Fsp3) is 0.476. The average molecular weight is 451 g/mol. The number of piperidine rings is 1. The van der Waals surface area contributed by atoms with Crippen LogP contribution in [0.15, 0.2) is 29.2 Å². The molecule has 9 heteroatoms. The molecular formula is C21H27ClN4O3S. The summed E-state index contributed by atoms with van der Waals surface area (Å²) in [5.41, 5.74) is 1.94. The van der Waals surface area contributed by atoms with Crippen molar-refractivity contribution in [3.63, 3.8) is 0 Å². The van der Waals surface area contributed by atoms with E-state index >= 15 is 0 Å². The Bertz CT molecular complexity index is 841. The van der Waals surface area contributed by atoms with Gasteiger partial charge in [-0.1, -0.05) is 18.2 Å². The molecule has 7 nitrogen and oxygen atoms in total. The molecule has 3 saturated heterocycles. The number of hydrogen-bond acceptors (Lipinski definition) is 6. The van der Waals surface area contributed by atoms with Crippen LogP contribution in [0.5, 0.6) is 0 Å². The van der Waals surface area contributed by atoms with Crippen LogP contribution in [0.4, 0.5) is 10.5 Å². The molecule has 2 N–H and O–H groups in total. The number of carbonyl (C=O) groups is 3. The van der Waals surface area contributed by atoms with Gasteiger partial charge in [-0.3, -0.25) is 19.7 Å². The molecule has 0 aromatic heterocycles. The molecule has 3 heterocycles. The second-order valence-corrected chi connectivity index (χ2v) is 8.63. The Balaban J connectivity index is 0.00000256. The maximum Gasteiger partial charge on any atom is 0.290 e. The van der Waals surface area contributed by atoms with Gasteiger partial charge in [-0.05, 0) is 55.3 Å². The molecule has 1 atom stereocenters. The highest BCUT2D eigenvalue weighted by Gasteiger charge is 2.28. The van der Waals surface area contributed by atoms with E-state index in [1.807, 2.05) is 29.2 Å². The predicted octanol–water partition coefficient (Wildman–Crippen LogP) is 2.47. The number of carbonyl (C=O) groups excluding carboxylic acids is 3. The van der Waals surface area contributed by atoms with Gasteiger partial charge in [0.05, 0.1) is 10.8 Å². The lowest BCUT2D eigenvalue weighted by molar-refractivity contribution is -0.135. The highest BCUT2D eigenvalue weighted by molar-refractivity contribution is 8.18. The maximum atomic E-state index is 12.9. The van der Waals surface area contributed by atoms with E-state index in [4.69, 9.17) is 0 Å². The molecular weight excluding hydrogens is 424 g/mol. The van der Waals surface area contributed by atoms with Gasteiger partial charge in [0.1, 0.15) is 0 Å². The van der Waals surface area contributed by atoms with Gasteiger partial charge in [0.2, 0.25) is 5.91 Å². The van der Waals surface area contributed by atoms with Crippen LogP contribution in [-0.2, 0) is 9.59 Å². The zero-order chi connectivity index (χ0) is 20.2. The molecule has 0 spiro atoms. The Morgan fingerprint density at radius 2 is 1.93 bits per heavy atom. The number of hydrogen-bond donors (Lipinski definition) is 2. The Morgan fingerprint density at radius 3 is 2.67 bits per heavy atom. The quantitative estimate of drug-likeness (QED) is 0.688. The molecule has 1 unspecified atom stereocenters. The lowest BCUT2D eigenvalue weighted by atomic mass is 9.98. The summed E-state index contributed by atoms with van der Waals surface area (Å²) in [5.74, 6) is 0.0262. The first-order chi connectivity index (χ1) is 14.1. The summed E-state index contributed by atoms with van der Waals surface area (Å²) >= 11 is 0.932. The first kappa shape index (κ1) is 22.7. The fourth-order valence-electron chi connectivity index (χ4n) is 4.16. The summed E-state index contributed by atoms with van der Waals surface area (Å²) < 4.78 is 0. The summed E-state index contributed by atoms with van der Waals surface area (Å²) in [5, 5.41) is 5.30. The number of amides is 3. The second-order valence-electron chi connectivity index (χ2n) is 7.62. The van der Waals surface area contributed by atoms with Crippen molar-refractivity contribution in [3.05, 3.63) is 34.7 Å². The van der Waals surface area contributed by atoms with Crippen molar-refractivity contribution in [2.45, 2.75) is 19.3 Å². The van der Waals surface area contributed by atoms with Crippen molar-refractivity contribution >= 4 is 53.0 Å². The van der Waals surface area contributed by atoms with Gasteiger partial charge in [-0.2, -0.15) is 0 Å². The van der Waals surface area contributed by atoms with Gasteiger partial charge < -0.3 is 15.1 Å². The Hall–Kier alpha value is -2.03. The van der Waals surface area contributed by atoms with Gasteiger partial charge in [-0.25, -0.2) is 0 Å². The second kappa shape index (κ2) is 10.3. The largest absolute Gasteiger partial charge is 0.369 e.